The molecule has 1 aliphatic rings. The molecule has 0 aliphatic carbocycles. The van der Waals surface area contributed by atoms with Crippen LogP contribution in [0.15, 0.2) is 30.3 Å². The molecule has 2 atom stereocenters. The van der Waals surface area contributed by atoms with Crippen LogP contribution in [0.1, 0.15) is 11.5 Å². The molecule has 0 bridgehead atoms. The fourth-order valence-electron chi connectivity index (χ4n) is 1.93. The third-order valence-corrected chi connectivity index (χ3v) is 2.69. The summed E-state index contributed by atoms with van der Waals surface area (Å²) in [6, 6.07) is 9.60. The second-order valence-electron chi connectivity index (χ2n) is 3.58. The molecule has 0 unspecified atom stereocenters. The minimum absolute atomic E-state index is 0.0184. The summed E-state index contributed by atoms with van der Waals surface area (Å²) in [6.45, 7) is 0.632. The topological polar surface area (TPSA) is 49.3 Å². The van der Waals surface area contributed by atoms with Gasteiger partial charge in [-0.2, -0.15) is 0 Å². The maximum atomic E-state index is 11.5. The van der Waals surface area contributed by atoms with E-state index in [1.54, 1.807) is 0 Å². The van der Waals surface area contributed by atoms with E-state index < -0.39 is 0 Å². The van der Waals surface area contributed by atoms with Crippen LogP contribution in [-0.4, -0.2) is 24.2 Å². The van der Waals surface area contributed by atoms with E-state index in [4.69, 9.17) is 5.11 Å². The maximum Gasteiger partial charge on any atom is 0.227 e. The third-order valence-electron chi connectivity index (χ3n) is 2.69. The zero-order valence-corrected chi connectivity index (χ0v) is 7.81. The molecule has 1 fully saturated rings. The van der Waals surface area contributed by atoms with Gasteiger partial charge in [0, 0.05) is 19.1 Å². The Labute approximate surface area is 82.8 Å². The number of carbonyl (C=O) groups is 1. The molecule has 2 rings (SSSR count). The Morgan fingerprint density at radius 3 is 2.71 bits per heavy atom. The normalized spacial score (nSPS) is 26.2. The van der Waals surface area contributed by atoms with Crippen molar-refractivity contribution in [1.29, 1.82) is 0 Å². The molecule has 0 saturated carbocycles. The minimum Gasteiger partial charge on any atom is -0.396 e. The Morgan fingerprint density at radius 1 is 1.36 bits per heavy atom. The lowest BCUT2D eigenvalue weighted by Crippen LogP contribution is -2.18. The van der Waals surface area contributed by atoms with Crippen LogP contribution >= 0.6 is 0 Å². The fraction of sp³-hybridized carbons (Fsp3) is 0.364. The van der Waals surface area contributed by atoms with Crippen LogP contribution in [0.25, 0.3) is 0 Å². The first-order chi connectivity index (χ1) is 6.83. The van der Waals surface area contributed by atoms with Crippen molar-refractivity contribution < 1.29 is 9.90 Å². The lowest BCUT2D eigenvalue weighted by atomic mass is 9.89. The average molecular weight is 191 g/mol. The second kappa shape index (κ2) is 3.80. The van der Waals surface area contributed by atoms with Gasteiger partial charge in [-0.15, -0.1) is 0 Å². The van der Waals surface area contributed by atoms with Crippen LogP contribution in [0.3, 0.4) is 0 Å². The number of hydrogen-bond acceptors (Lipinski definition) is 2. The van der Waals surface area contributed by atoms with Crippen molar-refractivity contribution in [1.82, 2.24) is 5.32 Å². The van der Waals surface area contributed by atoms with Gasteiger partial charge in [0.1, 0.15) is 0 Å². The first-order valence-electron chi connectivity index (χ1n) is 4.76. The first-order valence-corrected chi connectivity index (χ1v) is 4.76. The van der Waals surface area contributed by atoms with E-state index >= 15 is 0 Å². The Morgan fingerprint density at radius 2 is 2.07 bits per heavy atom. The van der Waals surface area contributed by atoms with Gasteiger partial charge in [-0.05, 0) is 5.56 Å². The van der Waals surface area contributed by atoms with Gasteiger partial charge in [0.15, 0.2) is 0 Å². The van der Waals surface area contributed by atoms with Crippen molar-refractivity contribution in [2.75, 3.05) is 13.2 Å². The zero-order chi connectivity index (χ0) is 9.97. The van der Waals surface area contributed by atoms with Crippen LogP contribution in [-0.2, 0) is 4.79 Å². The number of benzene rings is 1. The van der Waals surface area contributed by atoms with Gasteiger partial charge in [-0.3, -0.25) is 4.79 Å². The lowest BCUT2D eigenvalue weighted by Gasteiger charge is -2.13. The van der Waals surface area contributed by atoms with Gasteiger partial charge >= 0.3 is 0 Å². The largest absolute Gasteiger partial charge is 0.396 e. The summed E-state index contributed by atoms with van der Waals surface area (Å²) in [6.07, 6.45) is 0. The molecule has 3 nitrogen and oxygen atoms in total. The van der Waals surface area contributed by atoms with E-state index in [0.29, 0.717) is 6.54 Å². The molecular weight excluding hydrogens is 178 g/mol. The quantitative estimate of drug-likeness (QED) is 0.715. The fourth-order valence-corrected chi connectivity index (χ4v) is 1.93. The van der Waals surface area contributed by atoms with Gasteiger partial charge in [0.25, 0.3) is 0 Å². The van der Waals surface area contributed by atoms with Crippen LogP contribution in [0, 0.1) is 5.92 Å². The van der Waals surface area contributed by atoms with Crippen molar-refractivity contribution in [2.24, 2.45) is 5.92 Å². The molecule has 2 N–H and O–H groups in total. The third kappa shape index (κ3) is 1.51. The van der Waals surface area contributed by atoms with Crippen molar-refractivity contribution in [2.45, 2.75) is 5.92 Å². The van der Waals surface area contributed by atoms with Crippen LogP contribution < -0.4 is 5.32 Å². The first kappa shape index (κ1) is 9.21. The number of carbonyl (C=O) groups excluding carboxylic acids is 1. The van der Waals surface area contributed by atoms with Crippen LogP contribution in [0.4, 0.5) is 0 Å². The van der Waals surface area contributed by atoms with Gasteiger partial charge in [0.05, 0.1) is 5.92 Å². The number of amides is 1. The van der Waals surface area contributed by atoms with Crippen molar-refractivity contribution in [3.05, 3.63) is 35.9 Å². The molecule has 1 heterocycles. The molecule has 1 aromatic carbocycles. The van der Waals surface area contributed by atoms with Crippen molar-refractivity contribution >= 4 is 5.91 Å². The molecule has 0 radical (unpaired) electrons. The number of hydrogen-bond donors (Lipinski definition) is 2. The van der Waals surface area contributed by atoms with E-state index in [1.807, 2.05) is 30.3 Å². The molecule has 1 aromatic rings. The summed E-state index contributed by atoms with van der Waals surface area (Å²) in [7, 11) is 0. The van der Waals surface area contributed by atoms with E-state index in [-0.39, 0.29) is 24.3 Å². The summed E-state index contributed by atoms with van der Waals surface area (Å²) in [5.41, 5.74) is 0.988. The second-order valence-corrected chi connectivity index (χ2v) is 3.58. The summed E-state index contributed by atoms with van der Waals surface area (Å²) in [5, 5.41) is 11.9. The smallest absolute Gasteiger partial charge is 0.227 e. The molecule has 1 aliphatic heterocycles. The Balaban J connectivity index is 2.28. The Kier molecular flexibility index (Phi) is 2.50. The summed E-state index contributed by atoms with van der Waals surface area (Å²) >= 11 is 0. The highest BCUT2D eigenvalue weighted by atomic mass is 16.3. The van der Waals surface area contributed by atoms with Gasteiger partial charge in [-0.25, -0.2) is 0 Å². The number of rotatable bonds is 2. The Hall–Kier alpha value is -1.35. The monoisotopic (exact) mass is 191 g/mol. The molecule has 0 aromatic heterocycles. The van der Waals surface area contributed by atoms with Crippen molar-refractivity contribution in [3.8, 4) is 0 Å². The predicted octanol–water partition coefficient (Wildman–Crippen LogP) is 0.508. The Bertz CT molecular complexity index is 323. The summed E-state index contributed by atoms with van der Waals surface area (Å²) < 4.78 is 0. The van der Waals surface area contributed by atoms with E-state index in [9.17, 15) is 4.79 Å². The summed E-state index contributed by atoms with van der Waals surface area (Å²) in [5.74, 6) is -0.138. The predicted molar refractivity (Wildman–Crippen MR) is 52.8 cm³/mol. The highest BCUT2D eigenvalue weighted by molar-refractivity contribution is 5.86. The van der Waals surface area contributed by atoms with Crippen LogP contribution in [0.5, 0.6) is 0 Å². The molecule has 1 saturated heterocycles. The van der Waals surface area contributed by atoms with Gasteiger partial charge in [-0.1, -0.05) is 30.3 Å². The standard InChI is InChI=1S/C11H13NO2/c13-7-9-6-12-11(14)10(9)8-4-2-1-3-5-8/h1-5,9-10,13H,6-7H2,(H,12,14)/t9-,10-/m1/s1. The number of aliphatic hydroxyl groups is 1. The van der Waals surface area contributed by atoms with Crippen molar-refractivity contribution in [3.63, 3.8) is 0 Å². The lowest BCUT2D eigenvalue weighted by molar-refractivity contribution is -0.120. The molecule has 0 spiro atoms. The maximum absolute atomic E-state index is 11.5. The molecule has 74 valence electrons. The molecule has 3 heteroatoms. The zero-order valence-electron chi connectivity index (χ0n) is 7.81. The molecule has 1 amide bonds. The highest BCUT2D eigenvalue weighted by Gasteiger charge is 2.34. The SMILES string of the molecule is O=C1NC[C@H](CO)[C@H]1c1ccccc1. The van der Waals surface area contributed by atoms with Gasteiger partial charge in [0.2, 0.25) is 5.91 Å². The minimum atomic E-state index is -0.179. The van der Waals surface area contributed by atoms with Gasteiger partial charge < -0.3 is 10.4 Å². The number of nitrogens with one attached hydrogen (secondary N) is 1. The van der Waals surface area contributed by atoms with E-state index in [1.165, 1.54) is 0 Å². The average Bonchev–Trinajstić information content (AvgIpc) is 2.61. The van der Waals surface area contributed by atoms with E-state index in [0.717, 1.165) is 5.56 Å². The van der Waals surface area contributed by atoms with E-state index in [2.05, 4.69) is 5.32 Å². The van der Waals surface area contributed by atoms with Crippen LogP contribution in [0.2, 0.25) is 0 Å². The number of aliphatic hydroxyl groups excluding tert-OH is 1. The molecular formula is C11H13NO2. The molecule has 14 heavy (non-hydrogen) atoms. The summed E-state index contributed by atoms with van der Waals surface area (Å²) in [4.78, 5) is 11.5. The highest BCUT2D eigenvalue weighted by Crippen LogP contribution is 2.28.